The number of nitriles is 1. The van der Waals surface area contributed by atoms with Gasteiger partial charge in [-0.2, -0.15) is 5.26 Å². The van der Waals surface area contributed by atoms with Crippen molar-refractivity contribution in [1.82, 2.24) is 0 Å². The molecule has 0 aliphatic carbocycles. The Morgan fingerprint density at radius 1 is 1.35 bits per heavy atom. The van der Waals surface area contributed by atoms with Crippen molar-refractivity contribution in [3.8, 4) is 6.07 Å². The number of hydrogen-bond acceptors (Lipinski definition) is 7. The maximum absolute atomic E-state index is 12.8. The molecule has 0 saturated heterocycles. The van der Waals surface area contributed by atoms with Gasteiger partial charge in [0.25, 0.3) is 0 Å². The molecule has 0 spiro atoms. The summed E-state index contributed by atoms with van der Waals surface area (Å²) in [5.74, 6) is -3.42. The summed E-state index contributed by atoms with van der Waals surface area (Å²) in [6.45, 7) is 2.25. The van der Waals surface area contributed by atoms with Gasteiger partial charge < -0.3 is 15.5 Å². The van der Waals surface area contributed by atoms with Gasteiger partial charge in [-0.25, -0.2) is 4.39 Å². The summed E-state index contributed by atoms with van der Waals surface area (Å²) in [6, 6.07) is 6.93. The molecule has 9 heteroatoms. The summed E-state index contributed by atoms with van der Waals surface area (Å²) in [5, 5.41) is 18.0. The van der Waals surface area contributed by atoms with E-state index in [9.17, 15) is 18.8 Å². The van der Waals surface area contributed by atoms with Crippen LogP contribution in [0, 0.1) is 28.5 Å². The first kappa shape index (κ1) is 21.3. The third-order valence-corrected chi connectivity index (χ3v) is 4.29. The highest BCUT2D eigenvalue weighted by Gasteiger charge is 2.23. The van der Waals surface area contributed by atoms with Crippen molar-refractivity contribution in [2.24, 2.45) is 5.92 Å². The highest BCUT2D eigenvalue weighted by molar-refractivity contribution is 8.01. The van der Waals surface area contributed by atoms with Crippen molar-refractivity contribution >= 4 is 40.8 Å². The zero-order chi connectivity index (χ0) is 19.7. The van der Waals surface area contributed by atoms with Gasteiger partial charge in [0, 0.05) is 11.4 Å². The van der Waals surface area contributed by atoms with Crippen LogP contribution in [0.25, 0.3) is 0 Å². The van der Waals surface area contributed by atoms with Crippen LogP contribution in [-0.2, 0) is 19.1 Å². The van der Waals surface area contributed by atoms with E-state index < -0.39 is 35.3 Å². The van der Waals surface area contributed by atoms with Crippen LogP contribution in [-0.4, -0.2) is 41.0 Å². The number of thioether (sulfide) groups is 1. The van der Waals surface area contributed by atoms with E-state index in [0.717, 1.165) is 11.8 Å². The summed E-state index contributed by atoms with van der Waals surface area (Å²) in [4.78, 5) is 35.3. The number of hydrogen-bond donors (Lipinski definition) is 2. The summed E-state index contributed by atoms with van der Waals surface area (Å²) in [6.07, 6.45) is 0. The molecule has 1 aromatic carbocycles. The molecule has 1 aromatic rings. The first-order valence-electron chi connectivity index (χ1n) is 7.55. The summed E-state index contributed by atoms with van der Waals surface area (Å²) in [5.41, 5.74) is 0.316. The Bertz CT molecular complexity index is 731. The van der Waals surface area contributed by atoms with E-state index in [1.165, 1.54) is 38.1 Å². The first-order valence-corrected chi connectivity index (χ1v) is 8.60. The predicted molar refractivity (Wildman–Crippen MR) is 95.4 cm³/mol. The smallest absolute Gasteiger partial charge is 0.319 e. The number of esters is 1. The van der Waals surface area contributed by atoms with Crippen molar-refractivity contribution in [1.29, 1.82) is 10.7 Å². The van der Waals surface area contributed by atoms with Crippen LogP contribution >= 0.6 is 11.8 Å². The topological polar surface area (TPSA) is 120 Å². The van der Waals surface area contributed by atoms with E-state index in [1.54, 1.807) is 6.07 Å². The van der Waals surface area contributed by atoms with Crippen LogP contribution in [0.1, 0.15) is 13.8 Å². The molecule has 7 nitrogen and oxygen atoms in total. The third kappa shape index (κ3) is 7.03. The Balaban J connectivity index is 2.38. The average molecular weight is 379 g/mol. The van der Waals surface area contributed by atoms with Crippen LogP contribution in [0.15, 0.2) is 24.3 Å². The second kappa shape index (κ2) is 10.3. The van der Waals surface area contributed by atoms with Gasteiger partial charge in [0.05, 0.1) is 11.8 Å². The van der Waals surface area contributed by atoms with Crippen LogP contribution in [0.3, 0.4) is 0 Å². The molecule has 0 aromatic heterocycles. The van der Waals surface area contributed by atoms with Crippen molar-refractivity contribution in [2.45, 2.75) is 19.1 Å². The molecule has 0 saturated carbocycles. The van der Waals surface area contributed by atoms with Crippen LogP contribution in [0.5, 0.6) is 0 Å². The molecule has 1 rings (SSSR count). The predicted octanol–water partition coefficient (Wildman–Crippen LogP) is 2.18. The molecule has 1 amide bonds. The van der Waals surface area contributed by atoms with E-state index in [-0.39, 0.29) is 17.4 Å². The van der Waals surface area contributed by atoms with Crippen molar-refractivity contribution in [3.63, 3.8) is 0 Å². The van der Waals surface area contributed by atoms with Gasteiger partial charge in [0.2, 0.25) is 5.91 Å². The van der Waals surface area contributed by atoms with Crippen molar-refractivity contribution in [3.05, 3.63) is 30.1 Å². The Morgan fingerprint density at radius 2 is 1.96 bits per heavy atom. The number of carbonyl (C=O) groups is 3. The molecule has 26 heavy (non-hydrogen) atoms. The fourth-order valence-corrected chi connectivity index (χ4v) is 2.43. The van der Waals surface area contributed by atoms with E-state index in [1.807, 2.05) is 0 Å². The van der Waals surface area contributed by atoms with Gasteiger partial charge in [-0.15, -0.1) is 11.8 Å². The van der Waals surface area contributed by atoms with E-state index in [2.05, 4.69) is 5.32 Å². The fraction of sp³-hybridized carbons (Fsp3) is 0.353. The number of carbonyl (C=O) groups excluding carboxylic acids is 3. The van der Waals surface area contributed by atoms with Gasteiger partial charge in [-0.3, -0.25) is 14.4 Å². The Morgan fingerprint density at radius 3 is 2.50 bits per heavy atom. The molecule has 0 fully saturated rings. The summed E-state index contributed by atoms with van der Waals surface area (Å²) in [7, 11) is 0. The minimum Gasteiger partial charge on any atom is -0.457 e. The normalized spacial score (nSPS) is 12.4. The third-order valence-electron chi connectivity index (χ3n) is 3.17. The minimum atomic E-state index is -1.23. The largest absolute Gasteiger partial charge is 0.457 e. The molecule has 2 atom stereocenters. The van der Waals surface area contributed by atoms with Crippen LogP contribution < -0.4 is 5.32 Å². The molecule has 2 N–H and O–H groups in total. The Labute approximate surface area is 154 Å². The van der Waals surface area contributed by atoms with E-state index in [4.69, 9.17) is 15.4 Å². The number of anilines is 1. The number of halogens is 1. The lowest BCUT2D eigenvalue weighted by molar-refractivity contribution is -0.147. The molecule has 0 aliphatic heterocycles. The molecular weight excluding hydrogens is 361 g/mol. The minimum absolute atomic E-state index is 0.0397. The quantitative estimate of drug-likeness (QED) is 0.501. The highest BCUT2D eigenvalue weighted by atomic mass is 32.2. The maximum Gasteiger partial charge on any atom is 0.319 e. The number of rotatable bonds is 9. The Hall–Kier alpha value is -2.73. The average Bonchev–Trinajstić information content (AvgIpc) is 2.59. The fourth-order valence-electron chi connectivity index (χ4n) is 1.75. The number of ether oxygens (including phenoxy) is 1. The van der Waals surface area contributed by atoms with Gasteiger partial charge in [-0.05, 0) is 38.1 Å². The SMILES string of the molecule is CC(=N)[C@@H](C#N)C(=O)COC(=O)[C@@H](C)SCC(=O)Nc1ccc(F)cc1. The molecule has 0 bridgehead atoms. The van der Waals surface area contributed by atoms with Crippen LogP contribution in [0.4, 0.5) is 10.1 Å². The zero-order valence-corrected chi connectivity index (χ0v) is 15.1. The number of ketones is 1. The highest BCUT2D eigenvalue weighted by Crippen LogP contribution is 2.14. The van der Waals surface area contributed by atoms with Gasteiger partial charge in [0.1, 0.15) is 17.0 Å². The monoisotopic (exact) mass is 379 g/mol. The van der Waals surface area contributed by atoms with Gasteiger partial charge in [-0.1, -0.05) is 0 Å². The molecule has 0 aliphatic rings. The second-order valence-corrected chi connectivity index (χ2v) is 6.66. The molecule has 138 valence electrons. The lowest BCUT2D eigenvalue weighted by Gasteiger charge is -2.12. The lowest BCUT2D eigenvalue weighted by Crippen LogP contribution is -2.28. The Kier molecular flexibility index (Phi) is 8.45. The van der Waals surface area contributed by atoms with E-state index in [0.29, 0.717) is 5.69 Å². The molecule has 0 radical (unpaired) electrons. The number of nitrogens with one attached hydrogen (secondary N) is 2. The molecule has 0 heterocycles. The number of amides is 1. The van der Waals surface area contributed by atoms with Crippen molar-refractivity contribution in [2.75, 3.05) is 17.7 Å². The number of nitrogens with zero attached hydrogens (tertiary/aromatic N) is 1. The standard InChI is InChI=1S/C17H18FN3O4S/c1-10(20)14(7-19)15(22)8-25-17(24)11(2)26-9-16(23)21-13-5-3-12(18)4-6-13/h3-6,11,14,20H,8-9H2,1-2H3,(H,21,23)/t11-,14-/m1/s1. The van der Waals surface area contributed by atoms with Gasteiger partial charge in [0.15, 0.2) is 12.4 Å². The first-order chi connectivity index (χ1) is 12.2. The number of Topliss-reactive ketones (excluding diaryl/α,β-unsaturated/α-hetero) is 1. The van der Waals surface area contributed by atoms with Gasteiger partial charge >= 0.3 is 5.97 Å². The molecular formula is C17H18FN3O4S. The number of benzene rings is 1. The lowest BCUT2D eigenvalue weighted by atomic mass is 10.0. The summed E-state index contributed by atoms with van der Waals surface area (Å²) >= 11 is 1.01. The zero-order valence-electron chi connectivity index (χ0n) is 14.2. The maximum atomic E-state index is 12.8. The van der Waals surface area contributed by atoms with E-state index >= 15 is 0 Å². The van der Waals surface area contributed by atoms with Crippen molar-refractivity contribution < 1.29 is 23.5 Å². The summed E-state index contributed by atoms with van der Waals surface area (Å²) < 4.78 is 17.6. The molecule has 0 unspecified atom stereocenters. The van der Waals surface area contributed by atoms with Crippen LogP contribution in [0.2, 0.25) is 0 Å². The second-order valence-electron chi connectivity index (χ2n) is 5.33.